The summed E-state index contributed by atoms with van der Waals surface area (Å²) in [7, 11) is 0. The van der Waals surface area contributed by atoms with E-state index in [1.54, 1.807) is 0 Å². The fraction of sp³-hybridized carbons (Fsp3) is 0.0769. The van der Waals surface area contributed by atoms with E-state index in [0.717, 1.165) is 18.2 Å². The lowest BCUT2D eigenvalue weighted by atomic mass is 10.2. The molecule has 0 amide bonds. The molecule has 2 aromatic carbocycles. The minimum atomic E-state index is -0.731. The number of benzene rings is 2. The van der Waals surface area contributed by atoms with Gasteiger partial charge < -0.3 is 10.5 Å². The van der Waals surface area contributed by atoms with Gasteiger partial charge in [-0.3, -0.25) is 0 Å². The van der Waals surface area contributed by atoms with Crippen LogP contribution in [0.15, 0.2) is 36.4 Å². The number of nitrogens with two attached hydrogens (primary N) is 1. The summed E-state index contributed by atoms with van der Waals surface area (Å²) in [5.74, 6) is -2.24. The van der Waals surface area contributed by atoms with E-state index in [9.17, 15) is 13.2 Å². The molecule has 94 valence electrons. The molecule has 0 unspecified atom stereocenters. The van der Waals surface area contributed by atoms with Crippen LogP contribution in [0.4, 0.5) is 18.9 Å². The van der Waals surface area contributed by atoms with Crippen LogP contribution in [0.5, 0.6) is 5.75 Å². The summed E-state index contributed by atoms with van der Waals surface area (Å²) in [6, 6.07) is 7.30. The minimum Gasteiger partial charge on any atom is -0.486 e. The highest BCUT2D eigenvalue weighted by atomic mass is 19.1. The predicted molar refractivity (Wildman–Crippen MR) is 61.5 cm³/mol. The second kappa shape index (κ2) is 5.00. The zero-order valence-electron chi connectivity index (χ0n) is 9.29. The minimum absolute atomic E-state index is 0.105. The van der Waals surface area contributed by atoms with E-state index in [-0.39, 0.29) is 23.6 Å². The van der Waals surface area contributed by atoms with Gasteiger partial charge in [0.2, 0.25) is 0 Å². The van der Waals surface area contributed by atoms with Crippen LogP contribution in [0.2, 0.25) is 0 Å². The zero-order valence-corrected chi connectivity index (χ0v) is 9.29. The van der Waals surface area contributed by atoms with Crippen LogP contribution in [0.25, 0.3) is 0 Å². The number of anilines is 1. The van der Waals surface area contributed by atoms with E-state index in [1.807, 2.05) is 0 Å². The quantitative estimate of drug-likeness (QED) is 0.852. The first kappa shape index (κ1) is 12.3. The Morgan fingerprint density at radius 3 is 2.22 bits per heavy atom. The SMILES string of the molecule is Nc1ccc(OCc2c(F)cccc2F)c(F)c1. The Hall–Kier alpha value is -2.17. The van der Waals surface area contributed by atoms with Crippen molar-refractivity contribution in [2.75, 3.05) is 5.73 Å². The summed E-state index contributed by atoms with van der Waals surface area (Å²) < 4.78 is 45.0. The van der Waals surface area contributed by atoms with Crippen LogP contribution in [-0.2, 0) is 6.61 Å². The van der Waals surface area contributed by atoms with Crippen LogP contribution < -0.4 is 10.5 Å². The van der Waals surface area contributed by atoms with Crippen molar-refractivity contribution in [1.29, 1.82) is 0 Å². The Morgan fingerprint density at radius 1 is 0.944 bits per heavy atom. The maximum absolute atomic E-state index is 13.4. The third kappa shape index (κ3) is 2.56. The Bertz CT molecular complexity index is 552. The van der Waals surface area contributed by atoms with Gasteiger partial charge in [-0.15, -0.1) is 0 Å². The largest absolute Gasteiger partial charge is 0.486 e. The van der Waals surface area contributed by atoms with E-state index in [1.165, 1.54) is 18.2 Å². The van der Waals surface area contributed by atoms with E-state index in [0.29, 0.717) is 0 Å². The van der Waals surface area contributed by atoms with Crippen LogP contribution in [0.3, 0.4) is 0 Å². The Labute approximate surface area is 102 Å². The van der Waals surface area contributed by atoms with Crippen LogP contribution in [0, 0.1) is 17.5 Å². The van der Waals surface area contributed by atoms with Gasteiger partial charge in [-0.25, -0.2) is 13.2 Å². The summed E-state index contributed by atoms with van der Waals surface area (Å²) in [5.41, 5.74) is 5.37. The van der Waals surface area contributed by atoms with Gasteiger partial charge >= 0.3 is 0 Å². The number of nitrogen functional groups attached to an aromatic ring is 1. The highest BCUT2D eigenvalue weighted by Gasteiger charge is 2.10. The summed E-state index contributed by atoms with van der Waals surface area (Å²) in [6.07, 6.45) is 0. The molecule has 0 aliphatic carbocycles. The van der Waals surface area contributed by atoms with Crippen molar-refractivity contribution in [3.05, 3.63) is 59.4 Å². The van der Waals surface area contributed by atoms with Gasteiger partial charge in [-0.1, -0.05) is 6.07 Å². The lowest BCUT2D eigenvalue weighted by Crippen LogP contribution is -2.03. The first-order chi connectivity index (χ1) is 8.58. The third-order valence-electron chi connectivity index (χ3n) is 2.39. The zero-order chi connectivity index (χ0) is 13.1. The van der Waals surface area contributed by atoms with Gasteiger partial charge in [0, 0.05) is 11.8 Å². The first-order valence-corrected chi connectivity index (χ1v) is 5.18. The molecule has 0 spiro atoms. The van der Waals surface area contributed by atoms with Crippen molar-refractivity contribution in [3.63, 3.8) is 0 Å². The number of ether oxygens (including phenoxy) is 1. The molecule has 2 rings (SSSR count). The Balaban J connectivity index is 2.16. The van der Waals surface area contributed by atoms with Crippen LogP contribution >= 0.6 is 0 Å². The highest BCUT2D eigenvalue weighted by molar-refractivity contribution is 5.42. The number of hydrogen-bond donors (Lipinski definition) is 1. The van der Waals surface area contributed by atoms with Crippen molar-refractivity contribution in [2.45, 2.75) is 6.61 Å². The molecule has 18 heavy (non-hydrogen) atoms. The molecule has 0 fully saturated rings. The van der Waals surface area contributed by atoms with Gasteiger partial charge in [0.05, 0.1) is 5.56 Å². The molecule has 0 saturated heterocycles. The maximum atomic E-state index is 13.4. The molecular formula is C13H10F3NO. The molecule has 0 aliphatic heterocycles. The topological polar surface area (TPSA) is 35.2 Å². The second-order valence-corrected chi connectivity index (χ2v) is 3.68. The average Bonchev–Trinajstić information content (AvgIpc) is 2.31. The van der Waals surface area contributed by atoms with Gasteiger partial charge in [0.1, 0.15) is 18.2 Å². The van der Waals surface area contributed by atoms with Crippen molar-refractivity contribution < 1.29 is 17.9 Å². The summed E-state index contributed by atoms with van der Waals surface area (Å²) in [4.78, 5) is 0. The molecule has 2 aromatic rings. The molecule has 0 heterocycles. The molecule has 0 aromatic heterocycles. The van der Waals surface area contributed by atoms with Crippen molar-refractivity contribution >= 4 is 5.69 Å². The number of halogens is 3. The average molecular weight is 253 g/mol. The summed E-state index contributed by atoms with van der Waals surface area (Å²) >= 11 is 0. The Kier molecular flexibility index (Phi) is 3.41. The maximum Gasteiger partial charge on any atom is 0.167 e. The molecule has 0 aliphatic rings. The van der Waals surface area contributed by atoms with Gasteiger partial charge in [-0.05, 0) is 24.3 Å². The van der Waals surface area contributed by atoms with Crippen molar-refractivity contribution in [1.82, 2.24) is 0 Å². The molecule has 2 N–H and O–H groups in total. The number of rotatable bonds is 3. The molecule has 0 atom stereocenters. The Morgan fingerprint density at radius 2 is 1.61 bits per heavy atom. The van der Waals surface area contributed by atoms with E-state index < -0.39 is 17.5 Å². The molecular weight excluding hydrogens is 243 g/mol. The summed E-state index contributed by atoms with van der Waals surface area (Å²) in [6.45, 7) is -0.390. The molecule has 0 radical (unpaired) electrons. The van der Waals surface area contributed by atoms with E-state index in [4.69, 9.17) is 10.5 Å². The lowest BCUT2D eigenvalue weighted by Gasteiger charge is -2.09. The van der Waals surface area contributed by atoms with E-state index >= 15 is 0 Å². The number of hydrogen-bond acceptors (Lipinski definition) is 2. The van der Waals surface area contributed by atoms with Crippen LogP contribution in [-0.4, -0.2) is 0 Å². The predicted octanol–water partition coefficient (Wildman–Crippen LogP) is 3.27. The molecule has 0 bridgehead atoms. The monoisotopic (exact) mass is 253 g/mol. The normalized spacial score (nSPS) is 10.4. The molecule has 2 nitrogen and oxygen atoms in total. The summed E-state index contributed by atoms with van der Waals surface area (Å²) in [5, 5.41) is 0. The first-order valence-electron chi connectivity index (χ1n) is 5.18. The second-order valence-electron chi connectivity index (χ2n) is 3.68. The van der Waals surface area contributed by atoms with Crippen LogP contribution in [0.1, 0.15) is 5.56 Å². The van der Waals surface area contributed by atoms with Gasteiger partial charge in [-0.2, -0.15) is 0 Å². The third-order valence-corrected chi connectivity index (χ3v) is 2.39. The fourth-order valence-corrected chi connectivity index (χ4v) is 1.45. The molecule has 5 heteroatoms. The van der Waals surface area contributed by atoms with E-state index in [2.05, 4.69) is 0 Å². The lowest BCUT2D eigenvalue weighted by molar-refractivity contribution is 0.278. The molecule has 0 saturated carbocycles. The van der Waals surface area contributed by atoms with Gasteiger partial charge in [0.25, 0.3) is 0 Å². The van der Waals surface area contributed by atoms with Crippen molar-refractivity contribution in [2.24, 2.45) is 0 Å². The fourth-order valence-electron chi connectivity index (χ4n) is 1.45. The van der Waals surface area contributed by atoms with Crippen molar-refractivity contribution in [3.8, 4) is 5.75 Å². The smallest absolute Gasteiger partial charge is 0.167 e. The standard InChI is InChI=1S/C13H10F3NO/c14-10-2-1-3-11(15)9(10)7-18-13-5-4-8(17)6-12(13)16/h1-6H,7,17H2. The highest BCUT2D eigenvalue weighted by Crippen LogP contribution is 2.21. The van der Waals surface area contributed by atoms with Gasteiger partial charge in [0.15, 0.2) is 11.6 Å².